The molecule has 0 saturated carbocycles. The van der Waals surface area contributed by atoms with E-state index >= 15 is 0 Å². The number of rotatable bonds is 9. The Morgan fingerprint density at radius 3 is 2.54 bits per heavy atom. The minimum Gasteiger partial charge on any atom is -0.504 e. The molecule has 1 aromatic heterocycles. The van der Waals surface area contributed by atoms with E-state index < -0.39 is 4.92 Å². The van der Waals surface area contributed by atoms with E-state index in [9.17, 15) is 15.2 Å². The van der Waals surface area contributed by atoms with E-state index in [1.807, 2.05) is 6.92 Å². The molecule has 2 heterocycles. The van der Waals surface area contributed by atoms with Crippen molar-refractivity contribution in [1.82, 2.24) is 15.0 Å². The third-order valence-corrected chi connectivity index (χ3v) is 5.26. The number of anilines is 4. The van der Waals surface area contributed by atoms with Gasteiger partial charge in [0.2, 0.25) is 17.8 Å². The second kappa shape index (κ2) is 11.1. The van der Waals surface area contributed by atoms with E-state index in [2.05, 4.69) is 35.7 Å². The molecule has 0 radical (unpaired) electrons. The molecule has 12 heteroatoms. The Morgan fingerprint density at radius 2 is 1.86 bits per heavy atom. The molecule has 0 atom stereocenters. The van der Waals surface area contributed by atoms with Crippen molar-refractivity contribution >= 4 is 35.4 Å². The maximum absolute atomic E-state index is 10.9. The molecular weight excluding hydrogens is 452 g/mol. The van der Waals surface area contributed by atoms with Gasteiger partial charge in [0.15, 0.2) is 11.5 Å². The molecule has 0 amide bonds. The van der Waals surface area contributed by atoms with E-state index in [4.69, 9.17) is 4.74 Å². The number of phenolic OH excluding ortho intramolecular Hbond substituents is 1. The maximum Gasteiger partial charge on any atom is 0.269 e. The molecule has 3 N–H and O–H groups in total. The molecule has 3 aromatic rings. The van der Waals surface area contributed by atoms with Crippen LogP contribution in [-0.4, -0.2) is 50.9 Å². The summed E-state index contributed by atoms with van der Waals surface area (Å²) in [5.74, 6) is 1.46. The van der Waals surface area contributed by atoms with Crippen molar-refractivity contribution in [3.8, 4) is 11.5 Å². The average molecular weight is 479 g/mol. The minimum atomic E-state index is -0.453. The Morgan fingerprint density at radius 1 is 1.11 bits per heavy atom. The van der Waals surface area contributed by atoms with Gasteiger partial charge in [0.1, 0.15) is 0 Å². The Balaban J connectivity index is 1.53. The molecule has 1 aliphatic heterocycles. The molecule has 182 valence electrons. The highest BCUT2D eigenvalue weighted by Crippen LogP contribution is 2.26. The fraction of sp³-hybridized carbons (Fsp3) is 0.304. The molecule has 1 saturated heterocycles. The first kappa shape index (κ1) is 23.7. The van der Waals surface area contributed by atoms with Crippen LogP contribution in [0.5, 0.6) is 11.5 Å². The van der Waals surface area contributed by atoms with Crippen LogP contribution in [0.2, 0.25) is 0 Å². The van der Waals surface area contributed by atoms with Crippen molar-refractivity contribution in [2.45, 2.75) is 26.2 Å². The number of aromatic nitrogens is 3. The third kappa shape index (κ3) is 6.31. The molecule has 0 unspecified atom stereocenters. The van der Waals surface area contributed by atoms with E-state index in [1.165, 1.54) is 24.8 Å². The second-order valence-corrected chi connectivity index (χ2v) is 7.79. The highest BCUT2D eigenvalue weighted by Gasteiger charge is 2.16. The van der Waals surface area contributed by atoms with Crippen molar-refractivity contribution in [1.29, 1.82) is 0 Å². The molecular formula is C23H26N8O4. The highest BCUT2D eigenvalue weighted by molar-refractivity contribution is 5.81. The average Bonchev–Trinajstić information content (AvgIpc) is 2.86. The Hall–Kier alpha value is -4.48. The molecule has 1 aliphatic rings. The van der Waals surface area contributed by atoms with Crippen LogP contribution >= 0.6 is 0 Å². The van der Waals surface area contributed by atoms with Gasteiger partial charge in [0, 0.05) is 30.9 Å². The molecule has 12 nitrogen and oxygen atoms in total. The zero-order valence-corrected chi connectivity index (χ0v) is 19.2. The van der Waals surface area contributed by atoms with E-state index in [-0.39, 0.29) is 23.3 Å². The summed E-state index contributed by atoms with van der Waals surface area (Å²) in [6.07, 6.45) is 4.81. The number of piperidine rings is 1. The third-order valence-electron chi connectivity index (χ3n) is 5.26. The first-order chi connectivity index (χ1) is 17.0. The van der Waals surface area contributed by atoms with Crippen LogP contribution in [0.15, 0.2) is 47.6 Å². The van der Waals surface area contributed by atoms with Gasteiger partial charge in [0.05, 0.1) is 17.7 Å². The number of hydrazone groups is 1. The summed E-state index contributed by atoms with van der Waals surface area (Å²) >= 11 is 0. The maximum atomic E-state index is 10.9. The number of ether oxygens (including phenoxy) is 1. The monoisotopic (exact) mass is 478 g/mol. The number of aromatic hydroxyl groups is 1. The van der Waals surface area contributed by atoms with Crippen LogP contribution in [0.1, 0.15) is 31.7 Å². The van der Waals surface area contributed by atoms with Gasteiger partial charge in [-0.3, -0.25) is 10.1 Å². The topological polar surface area (TPSA) is 151 Å². The van der Waals surface area contributed by atoms with Crippen molar-refractivity contribution in [3.63, 3.8) is 0 Å². The van der Waals surface area contributed by atoms with Gasteiger partial charge in [-0.05, 0) is 62.1 Å². The lowest BCUT2D eigenvalue weighted by molar-refractivity contribution is -0.384. The predicted molar refractivity (Wildman–Crippen MR) is 133 cm³/mol. The van der Waals surface area contributed by atoms with Gasteiger partial charge in [0.25, 0.3) is 5.69 Å². The number of hydrogen-bond acceptors (Lipinski definition) is 11. The zero-order valence-electron chi connectivity index (χ0n) is 19.2. The van der Waals surface area contributed by atoms with Gasteiger partial charge < -0.3 is 20.1 Å². The predicted octanol–water partition coefficient (Wildman–Crippen LogP) is 4.06. The van der Waals surface area contributed by atoms with E-state index in [0.29, 0.717) is 29.6 Å². The largest absolute Gasteiger partial charge is 0.504 e. The standard InChI is InChI=1S/C23H26N8O4/c1-2-35-20-11-6-16(14-19(20)32)15-24-29-22-26-21(25-17-7-9-18(10-8-17)31(33)34)27-23(28-22)30-12-4-3-5-13-30/h6-11,14-15,32H,2-5,12-13H2,1H3,(H2,25,26,27,28,29)/b24-15-. The van der Waals surface area contributed by atoms with Crippen molar-refractivity contribution in [2.75, 3.05) is 35.3 Å². The second-order valence-electron chi connectivity index (χ2n) is 7.79. The van der Waals surface area contributed by atoms with Crippen LogP contribution < -0.4 is 20.4 Å². The minimum absolute atomic E-state index is 0.00257. The summed E-state index contributed by atoms with van der Waals surface area (Å²) in [5, 5.41) is 28.2. The smallest absolute Gasteiger partial charge is 0.269 e. The molecule has 0 bridgehead atoms. The van der Waals surface area contributed by atoms with Crippen LogP contribution in [0.3, 0.4) is 0 Å². The summed E-state index contributed by atoms with van der Waals surface area (Å²) in [4.78, 5) is 26.0. The van der Waals surface area contributed by atoms with Crippen molar-refractivity contribution in [3.05, 3.63) is 58.1 Å². The number of nitrogens with one attached hydrogen (secondary N) is 2. The van der Waals surface area contributed by atoms with Gasteiger partial charge in [-0.1, -0.05) is 0 Å². The summed E-state index contributed by atoms with van der Waals surface area (Å²) < 4.78 is 5.33. The molecule has 0 aliphatic carbocycles. The fourth-order valence-electron chi connectivity index (χ4n) is 3.56. The molecule has 0 spiro atoms. The van der Waals surface area contributed by atoms with Crippen LogP contribution in [0.4, 0.5) is 29.2 Å². The summed E-state index contributed by atoms with van der Waals surface area (Å²) in [7, 11) is 0. The lowest BCUT2D eigenvalue weighted by Gasteiger charge is -2.26. The molecule has 4 rings (SSSR count). The van der Waals surface area contributed by atoms with Crippen LogP contribution in [0.25, 0.3) is 0 Å². The van der Waals surface area contributed by atoms with Crippen LogP contribution in [-0.2, 0) is 0 Å². The quantitative estimate of drug-likeness (QED) is 0.233. The fourth-order valence-corrected chi connectivity index (χ4v) is 3.56. The number of nitro benzene ring substituents is 1. The SMILES string of the molecule is CCOc1ccc(/C=N\Nc2nc(Nc3ccc([N+](=O)[O-])cc3)nc(N3CCCCC3)n2)cc1O. The Bertz CT molecular complexity index is 1200. The normalized spacial score (nSPS) is 13.6. The first-order valence-corrected chi connectivity index (χ1v) is 11.3. The Labute approximate surface area is 201 Å². The van der Waals surface area contributed by atoms with Gasteiger partial charge >= 0.3 is 0 Å². The van der Waals surface area contributed by atoms with Gasteiger partial charge in [-0.15, -0.1) is 0 Å². The van der Waals surface area contributed by atoms with Crippen LogP contribution in [0, 0.1) is 10.1 Å². The van der Waals surface area contributed by atoms with Crippen molar-refractivity contribution in [2.24, 2.45) is 5.10 Å². The molecule has 2 aromatic carbocycles. The summed E-state index contributed by atoms with van der Waals surface area (Å²) in [5.41, 5.74) is 4.08. The number of hydrogen-bond donors (Lipinski definition) is 3. The number of non-ortho nitro benzene ring substituents is 1. The lowest BCUT2D eigenvalue weighted by atomic mass is 10.1. The number of phenols is 1. The molecule has 35 heavy (non-hydrogen) atoms. The van der Waals surface area contributed by atoms with E-state index in [0.717, 1.165) is 25.9 Å². The molecule has 1 fully saturated rings. The summed E-state index contributed by atoms with van der Waals surface area (Å²) in [6.45, 7) is 3.98. The number of nitro groups is 1. The Kier molecular flexibility index (Phi) is 7.50. The lowest BCUT2D eigenvalue weighted by Crippen LogP contribution is -2.31. The number of benzene rings is 2. The highest BCUT2D eigenvalue weighted by atomic mass is 16.6. The van der Waals surface area contributed by atoms with Gasteiger partial charge in [-0.25, -0.2) is 5.43 Å². The number of nitrogens with zero attached hydrogens (tertiary/aromatic N) is 6. The summed E-state index contributed by atoms with van der Waals surface area (Å²) in [6, 6.07) is 11.0. The van der Waals surface area contributed by atoms with E-state index in [1.54, 1.807) is 30.3 Å². The van der Waals surface area contributed by atoms with Crippen molar-refractivity contribution < 1.29 is 14.8 Å². The zero-order chi connectivity index (χ0) is 24.6. The first-order valence-electron chi connectivity index (χ1n) is 11.3. The van der Waals surface area contributed by atoms with Gasteiger partial charge in [-0.2, -0.15) is 20.1 Å².